The lowest BCUT2D eigenvalue weighted by Gasteiger charge is -2.03. The van der Waals surface area contributed by atoms with Crippen LogP contribution in [0.3, 0.4) is 0 Å². The highest BCUT2D eigenvalue weighted by Gasteiger charge is 2.40. The fourth-order valence-electron chi connectivity index (χ4n) is 1.51. The van der Waals surface area contributed by atoms with E-state index in [0.29, 0.717) is 0 Å². The molecule has 2 aromatic rings. The minimum atomic E-state index is -4.99. The number of alkyl halides is 3. The molecule has 0 fully saturated rings. The number of nitrogens with one attached hydrogen (secondary N) is 1. The van der Waals surface area contributed by atoms with Gasteiger partial charge in [0.15, 0.2) is 11.6 Å². The van der Waals surface area contributed by atoms with Crippen molar-refractivity contribution in [1.82, 2.24) is 4.98 Å². The molecule has 0 bridgehead atoms. The maximum absolute atomic E-state index is 13.0. The van der Waals surface area contributed by atoms with Crippen molar-refractivity contribution in [1.29, 1.82) is 0 Å². The van der Waals surface area contributed by atoms with Crippen LogP contribution in [0.4, 0.5) is 22.0 Å². The number of H-pyrrole nitrogens is 1. The molecule has 1 heterocycles. The molecule has 100 valence electrons. The Hall–Kier alpha value is -2.18. The first-order valence-electron chi connectivity index (χ1n) is 5.05. The molecule has 0 unspecified atom stereocenters. The normalized spacial score (nSPS) is 11.6. The van der Waals surface area contributed by atoms with Gasteiger partial charge in [0.05, 0.1) is 5.69 Å². The zero-order valence-corrected chi connectivity index (χ0v) is 9.18. The first-order valence-corrected chi connectivity index (χ1v) is 5.05. The standard InChI is InChI=1S/C12H6F5NO/c13-7-2-1-6(5-8(7)14)9-3-4-10(18-9)11(19)12(15,16)17/h1-5,18H. The second kappa shape index (κ2) is 4.49. The first-order chi connectivity index (χ1) is 8.79. The van der Waals surface area contributed by atoms with Crippen molar-refractivity contribution in [2.75, 3.05) is 0 Å². The highest BCUT2D eigenvalue weighted by atomic mass is 19.4. The maximum Gasteiger partial charge on any atom is 0.456 e. The summed E-state index contributed by atoms with van der Waals surface area (Å²) in [4.78, 5) is 13.2. The summed E-state index contributed by atoms with van der Waals surface area (Å²) in [5.74, 6) is -4.22. The Morgan fingerprint density at radius 2 is 1.68 bits per heavy atom. The molecule has 0 aliphatic rings. The summed E-state index contributed by atoms with van der Waals surface area (Å²) in [7, 11) is 0. The van der Waals surface area contributed by atoms with Crippen LogP contribution < -0.4 is 0 Å². The number of hydrogen-bond acceptors (Lipinski definition) is 1. The van der Waals surface area contributed by atoms with E-state index in [1.54, 1.807) is 0 Å². The molecule has 0 aliphatic heterocycles. The molecule has 1 N–H and O–H groups in total. The summed E-state index contributed by atoms with van der Waals surface area (Å²) in [6.45, 7) is 0. The second-order valence-electron chi connectivity index (χ2n) is 3.74. The number of aromatic amines is 1. The Balaban J connectivity index is 2.36. The minimum Gasteiger partial charge on any atom is -0.352 e. The van der Waals surface area contributed by atoms with Crippen molar-refractivity contribution in [3.63, 3.8) is 0 Å². The molecule has 19 heavy (non-hydrogen) atoms. The zero-order chi connectivity index (χ0) is 14.2. The fourth-order valence-corrected chi connectivity index (χ4v) is 1.51. The summed E-state index contributed by atoms with van der Waals surface area (Å²) >= 11 is 0. The van der Waals surface area contributed by atoms with Crippen molar-refractivity contribution in [2.45, 2.75) is 6.18 Å². The molecule has 0 atom stereocenters. The van der Waals surface area contributed by atoms with Crippen LogP contribution in [0.1, 0.15) is 10.5 Å². The molecular weight excluding hydrogens is 269 g/mol. The van der Waals surface area contributed by atoms with Gasteiger partial charge in [0.2, 0.25) is 0 Å². The molecule has 0 radical (unpaired) electrons. The number of hydrogen-bond donors (Lipinski definition) is 1. The lowest BCUT2D eigenvalue weighted by Crippen LogP contribution is -2.22. The summed E-state index contributed by atoms with van der Waals surface area (Å²) < 4.78 is 62.3. The zero-order valence-electron chi connectivity index (χ0n) is 9.18. The highest BCUT2D eigenvalue weighted by Crippen LogP contribution is 2.25. The predicted molar refractivity (Wildman–Crippen MR) is 56.5 cm³/mol. The average molecular weight is 275 g/mol. The Morgan fingerprint density at radius 3 is 2.26 bits per heavy atom. The van der Waals surface area contributed by atoms with Crippen LogP contribution in [0, 0.1) is 11.6 Å². The topological polar surface area (TPSA) is 32.9 Å². The minimum absolute atomic E-state index is 0.0894. The Kier molecular flexibility index (Phi) is 3.13. The number of Topliss-reactive ketones (excluding diaryl/α,β-unsaturated/α-hetero) is 1. The lowest BCUT2D eigenvalue weighted by molar-refractivity contribution is -0.0887. The molecule has 2 nitrogen and oxygen atoms in total. The number of aromatic nitrogens is 1. The summed E-state index contributed by atoms with van der Waals surface area (Å²) in [5.41, 5.74) is -0.432. The molecule has 0 aliphatic carbocycles. The van der Waals surface area contributed by atoms with Gasteiger partial charge in [-0.1, -0.05) is 0 Å². The molecule has 2 rings (SSSR count). The fraction of sp³-hybridized carbons (Fsp3) is 0.0833. The molecule has 1 aromatic heterocycles. The number of carbonyl (C=O) groups excluding carboxylic acids is 1. The van der Waals surface area contributed by atoms with Gasteiger partial charge in [0.1, 0.15) is 0 Å². The van der Waals surface area contributed by atoms with E-state index in [9.17, 15) is 26.7 Å². The van der Waals surface area contributed by atoms with Crippen molar-refractivity contribution in [2.24, 2.45) is 0 Å². The van der Waals surface area contributed by atoms with Crippen molar-refractivity contribution < 1.29 is 26.7 Å². The number of halogens is 5. The van der Waals surface area contributed by atoms with E-state index in [1.807, 2.05) is 0 Å². The monoisotopic (exact) mass is 275 g/mol. The van der Waals surface area contributed by atoms with Gasteiger partial charge in [-0.05, 0) is 30.3 Å². The molecule has 0 spiro atoms. The van der Waals surface area contributed by atoms with Gasteiger partial charge in [-0.2, -0.15) is 13.2 Å². The van der Waals surface area contributed by atoms with E-state index >= 15 is 0 Å². The highest BCUT2D eigenvalue weighted by molar-refractivity contribution is 5.99. The van der Waals surface area contributed by atoms with Crippen LogP contribution in [0.15, 0.2) is 30.3 Å². The first kappa shape index (κ1) is 13.3. The van der Waals surface area contributed by atoms with Gasteiger partial charge in [0.25, 0.3) is 5.78 Å². The van der Waals surface area contributed by atoms with Crippen LogP contribution in [0.5, 0.6) is 0 Å². The lowest BCUT2D eigenvalue weighted by atomic mass is 10.1. The van der Waals surface area contributed by atoms with Gasteiger partial charge in [-0.25, -0.2) is 8.78 Å². The molecular formula is C12H6F5NO. The quantitative estimate of drug-likeness (QED) is 0.657. The molecule has 7 heteroatoms. The van der Waals surface area contributed by atoms with Crippen molar-refractivity contribution in [3.8, 4) is 11.3 Å². The smallest absolute Gasteiger partial charge is 0.352 e. The van der Waals surface area contributed by atoms with E-state index in [0.717, 1.165) is 18.2 Å². The number of ketones is 1. The molecule has 0 amide bonds. The van der Waals surface area contributed by atoms with Gasteiger partial charge in [-0.3, -0.25) is 4.79 Å². The third-order valence-corrected chi connectivity index (χ3v) is 2.42. The van der Waals surface area contributed by atoms with E-state index < -0.39 is 29.3 Å². The Morgan fingerprint density at radius 1 is 1.00 bits per heavy atom. The predicted octanol–water partition coefficient (Wildman–Crippen LogP) is 3.70. The van der Waals surface area contributed by atoms with Crippen LogP contribution in [0.25, 0.3) is 11.3 Å². The van der Waals surface area contributed by atoms with E-state index in [4.69, 9.17) is 0 Å². The van der Waals surface area contributed by atoms with Crippen LogP contribution in [-0.2, 0) is 0 Å². The van der Waals surface area contributed by atoms with Gasteiger partial charge in [0, 0.05) is 11.3 Å². The van der Waals surface area contributed by atoms with Gasteiger partial charge in [-0.15, -0.1) is 0 Å². The van der Waals surface area contributed by atoms with Crippen molar-refractivity contribution >= 4 is 5.78 Å². The number of benzene rings is 1. The van der Waals surface area contributed by atoms with Gasteiger partial charge < -0.3 is 4.98 Å². The van der Waals surface area contributed by atoms with E-state index in [2.05, 4.69) is 4.98 Å². The third-order valence-electron chi connectivity index (χ3n) is 2.42. The summed E-state index contributed by atoms with van der Waals surface area (Å²) in [6.07, 6.45) is -4.99. The Bertz CT molecular complexity index is 629. The SMILES string of the molecule is O=C(c1ccc(-c2ccc(F)c(F)c2)[nH]1)C(F)(F)F. The average Bonchev–Trinajstić information content (AvgIpc) is 2.79. The summed E-state index contributed by atoms with van der Waals surface area (Å²) in [6, 6.07) is 4.98. The molecule has 0 saturated heterocycles. The Labute approximate surface area is 103 Å². The van der Waals surface area contributed by atoms with E-state index in [1.165, 1.54) is 12.1 Å². The van der Waals surface area contributed by atoms with Crippen LogP contribution in [-0.4, -0.2) is 16.9 Å². The van der Waals surface area contributed by atoms with Crippen LogP contribution >= 0.6 is 0 Å². The third kappa shape index (κ3) is 2.64. The largest absolute Gasteiger partial charge is 0.456 e. The van der Waals surface area contributed by atoms with E-state index in [-0.39, 0.29) is 11.3 Å². The molecule has 0 saturated carbocycles. The number of rotatable bonds is 2. The second-order valence-corrected chi connectivity index (χ2v) is 3.74. The van der Waals surface area contributed by atoms with Gasteiger partial charge >= 0.3 is 6.18 Å². The molecule has 1 aromatic carbocycles. The maximum atomic E-state index is 13.0. The number of carbonyl (C=O) groups is 1. The summed E-state index contributed by atoms with van der Waals surface area (Å²) in [5, 5.41) is 0. The van der Waals surface area contributed by atoms with Crippen LogP contribution in [0.2, 0.25) is 0 Å². The van der Waals surface area contributed by atoms with Crippen molar-refractivity contribution in [3.05, 3.63) is 47.7 Å².